The van der Waals surface area contributed by atoms with Crippen molar-refractivity contribution in [1.82, 2.24) is 0 Å². The summed E-state index contributed by atoms with van der Waals surface area (Å²) in [7, 11) is 0. The zero-order valence-electron chi connectivity index (χ0n) is 9.44. The average Bonchev–Trinajstić information content (AvgIpc) is 2.14. The van der Waals surface area contributed by atoms with E-state index in [0.717, 1.165) is 18.6 Å². The van der Waals surface area contributed by atoms with Gasteiger partial charge in [-0.3, -0.25) is 0 Å². The van der Waals surface area contributed by atoms with E-state index in [2.05, 4.69) is 24.3 Å². The third kappa shape index (κ3) is 2.51. The Bertz CT molecular complexity index is 312. The highest BCUT2D eigenvalue weighted by molar-refractivity contribution is 5.31. The molecular weight excluding hydrogens is 186 g/mol. The average molecular weight is 205 g/mol. The molecule has 1 aromatic carbocycles. The predicted molar refractivity (Wildman–Crippen MR) is 62.2 cm³/mol. The normalized spacial score (nSPS) is 25.1. The van der Waals surface area contributed by atoms with Crippen molar-refractivity contribution in [2.24, 2.45) is 5.73 Å². The summed E-state index contributed by atoms with van der Waals surface area (Å²) in [6, 6.07) is 8.85. The van der Waals surface area contributed by atoms with Gasteiger partial charge in [-0.1, -0.05) is 12.1 Å². The molecule has 2 heteroatoms. The molecule has 1 saturated carbocycles. The summed E-state index contributed by atoms with van der Waals surface area (Å²) in [4.78, 5) is 0. The summed E-state index contributed by atoms with van der Waals surface area (Å²) in [6.07, 6.45) is 2.50. The molecule has 1 aliphatic rings. The molecule has 0 heterocycles. The molecule has 15 heavy (non-hydrogen) atoms. The third-order valence-electron chi connectivity index (χ3n) is 2.90. The quantitative estimate of drug-likeness (QED) is 0.823. The molecule has 0 saturated heterocycles. The van der Waals surface area contributed by atoms with Crippen molar-refractivity contribution < 1.29 is 4.74 Å². The predicted octanol–water partition coefficient (Wildman–Crippen LogP) is 2.68. The van der Waals surface area contributed by atoms with E-state index in [1.807, 2.05) is 13.8 Å². The molecule has 0 unspecified atom stereocenters. The zero-order valence-corrected chi connectivity index (χ0v) is 9.44. The first kappa shape index (κ1) is 10.5. The summed E-state index contributed by atoms with van der Waals surface area (Å²) >= 11 is 0. The van der Waals surface area contributed by atoms with Gasteiger partial charge in [-0.2, -0.15) is 0 Å². The molecule has 1 aromatic rings. The third-order valence-corrected chi connectivity index (χ3v) is 2.90. The van der Waals surface area contributed by atoms with Gasteiger partial charge in [-0.15, -0.1) is 0 Å². The van der Waals surface area contributed by atoms with Crippen LogP contribution in [0.3, 0.4) is 0 Å². The minimum absolute atomic E-state index is 0.243. The van der Waals surface area contributed by atoms with Crippen molar-refractivity contribution >= 4 is 0 Å². The SMILES string of the molecule is CC(C)Oc1ccc(C2CC(N)C2)cc1. The van der Waals surface area contributed by atoms with Gasteiger partial charge in [-0.25, -0.2) is 0 Å². The van der Waals surface area contributed by atoms with Gasteiger partial charge < -0.3 is 10.5 Å². The Kier molecular flexibility index (Phi) is 2.96. The Morgan fingerprint density at radius 2 is 1.80 bits per heavy atom. The first-order chi connectivity index (χ1) is 7.15. The molecule has 2 rings (SSSR count). The summed E-state index contributed by atoms with van der Waals surface area (Å²) in [6.45, 7) is 4.08. The van der Waals surface area contributed by atoms with Crippen LogP contribution < -0.4 is 10.5 Å². The Labute approximate surface area is 91.4 Å². The highest BCUT2D eigenvalue weighted by Crippen LogP contribution is 2.36. The molecule has 1 aliphatic carbocycles. The van der Waals surface area contributed by atoms with E-state index in [1.165, 1.54) is 5.56 Å². The first-order valence-corrected chi connectivity index (χ1v) is 5.67. The minimum Gasteiger partial charge on any atom is -0.491 e. The number of rotatable bonds is 3. The van der Waals surface area contributed by atoms with Crippen molar-refractivity contribution in [3.05, 3.63) is 29.8 Å². The van der Waals surface area contributed by atoms with Crippen LogP contribution in [0.4, 0.5) is 0 Å². The van der Waals surface area contributed by atoms with Crippen molar-refractivity contribution in [2.75, 3.05) is 0 Å². The van der Waals surface area contributed by atoms with Gasteiger partial charge in [0.2, 0.25) is 0 Å². The maximum Gasteiger partial charge on any atom is 0.119 e. The van der Waals surface area contributed by atoms with E-state index in [9.17, 15) is 0 Å². The van der Waals surface area contributed by atoms with Crippen molar-refractivity contribution in [3.63, 3.8) is 0 Å². The van der Waals surface area contributed by atoms with E-state index < -0.39 is 0 Å². The number of benzene rings is 1. The van der Waals surface area contributed by atoms with Gasteiger partial charge in [0.25, 0.3) is 0 Å². The number of ether oxygens (including phenoxy) is 1. The van der Waals surface area contributed by atoms with Crippen molar-refractivity contribution in [1.29, 1.82) is 0 Å². The highest BCUT2D eigenvalue weighted by atomic mass is 16.5. The summed E-state index contributed by atoms with van der Waals surface area (Å²) in [5.74, 6) is 1.63. The molecule has 0 amide bonds. The lowest BCUT2D eigenvalue weighted by Crippen LogP contribution is -2.34. The molecule has 82 valence electrons. The van der Waals surface area contributed by atoms with Gasteiger partial charge >= 0.3 is 0 Å². The lowest BCUT2D eigenvalue weighted by molar-refractivity contribution is 0.242. The van der Waals surface area contributed by atoms with Gasteiger partial charge in [0, 0.05) is 6.04 Å². The van der Waals surface area contributed by atoms with Gasteiger partial charge in [0.1, 0.15) is 5.75 Å². The fraction of sp³-hybridized carbons (Fsp3) is 0.538. The van der Waals surface area contributed by atoms with Crippen molar-refractivity contribution in [3.8, 4) is 5.75 Å². The molecule has 0 aliphatic heterocycles. The van der Waals surface area contributed by atoms with Crippen LogP contribution in [0.15, 0.2) is 24.3 Å². The molecule has 0 atom stereocenters. The van der Waals surface area contributed by atoms with Crippen LogP contribution in [0.25, 0.3) is 0 Å². The smallest absolute Gasteiger partial charge is 0.119 e. The lowest BCUT2D eigenvalue weighted by Gasteiger charge is -2.32. The van der Waals surface area contributed by atoms with Gasteiger partial charge in [-0.05, 0) is 50.3 Å². The van der Waals surface area contributed by atoms with Gasteiger partial charge in [0.15, 0.2) is 0 Å². The maximum absolute atomic E-state index is 5.78. The maximum atomic E-state index is 5.78. The van der Waals surface area contributed by atoms with Crippen LogP contribution in [0.5, 0.6) is 5.75 Å². The highest BCUT2D eigenvalue weighted by Gasteiger charge is 2.26. The molecule has 0 aromatic heterocycles. The second-order valence-electron chi connectivity index (χ2n) is 4.66. The van der Waals surface area contributed by atoms with Gasteiger partial charge in [0.05, 0.1) is 6.10 Å². The van der Waals surface area contributed by atoms with Crippen LogP contribution in [0.2, 0.25) is 0 Å². The minimum atomic E-state index is 0.243. The molecule has 2 N–H and O–H groups in total. The summed E-state index contributed by atoms with van der Waals surface area (Å²) in [5.41, 5.74) is 7.17. The van der Waals surface area contributed by atoms with E-state index in [0.29, 0.717) is 12.0 Å². The van der Waals surface area contributed by atoms with E-state index >= 15 is 0 Å². The first-order valence-electron chi connectivity index (χ1n) is 5.67. The number of hydrogen-bond acceptors (Lipinski definition) is 2. The Morgan fingerprint density at radius 1 is 1.20 bits per heavy atom. The second kappa shape index (κ2) is 4.23. The van der Waals surface area contributed by atoms with Crippen molar-refractivity contribution in [2.45, 2.75) is 44.8 Å². The van der Waals surface area contributed by atoms with Crippen LogP contribution in [-0.2, 0) is 0 Å². The van der Waals surface area contributed by atoms with Crippen LogP contribution in [0.1, 0.15) is 38.2 Å². The monoisotopic (exact) mass is 205 g/mol. The Morgan fingerprint density at radius 3 is 2.27 bits per heavy atom. The topological polar surface area (TPSA) is 35.2 Å². The standard InChI is InChI=1S/C13H19NO/c1-9(2)15-13-5-3-10(4-6-13)11-7-12(14)8-11/h3-6,9,11-12H,7-8,14H2,1-2H3. The fourth-order valence-corrected chi connectivity index (χ4v) is 2.02. The molecule has 0 bridgehead atoms. The molecule has 0 spiro atoms. The Hall–Kier alpha value is -1.02. The molecule has 0 radical (unpaired) electrons. The van der Waals surface area contributed by atoms with E-state index in [1.54, 1.807) is 0 Å². The summed E-state index contributed by atoms with van der Waals surface area (Å²) in [5, 5.41) is 0. The fourth-order valence-electron chi connectivity index (χ4n) is 2.02. The molecule has 1 fully saturated rings. The molecule has 2 nitrogen and oxygen atoms in total. The van der Waals surface area contributed by atoms with Crippen LogP contribution >= 0.6 is 0 Å². The van der Waals surface area contributed by atoms with E-state index in [-0.39, 0.29) is 6.10 Å². The zero-order chi connectivity index (χ0) is 10.8. The van der Waals surface area contributed by atoms with E-state index in [4.69, 9.17) is 10.5 Å². The summed E-state index contributed by atoms with van der Waals surface area (Å²) < 4.78 is 5.60. The largest absolute Gasteiger partial charge is 0.491 e. The second-order valence-corrected chi connectivity index (χ2v) is 4.66. The molecular formula is C13H19NO. The Balaban J connectivity index is 1.98. The lowest BCUT2D eigenvalue weighted by atomic mass is 9.76. The number of hydrogen-bond donors (Lipinski definition) is 1. The number of nitrogens with two attached hydrogens (primary N) is 1. The van der Waals surface area contributed by atoms with Crippen LogP contribution in [-0.4, -0.2) is 12.1 Å². The van der Waals surface area contributed by atoms with Crippen LogP contribution in [0, 0.1) is 0 Å².